The van der Waals surface area contributed by atoms with Crippen molar-refractivity contribution in [2.75, 3.05) is 12.3 Å². The third kappa shape index (κ3) is 3.01. The number of hydrogen-bond donors (Lipinski definition) is 1. The van der Waals surface area contributed by atoms with Gasteiger partial charge in [0.25, 0.3) is 0 Å². The molecule has 0 spiro atoms. The minimum atomic E-state index is -0.454. The average Bonchev–Trinajstić information content (AvgIpc) is 2.66. The van der Waals surface area contributed by atoms with Gasteiger partial charge in [-0.1, -0.05) is 30.3 Å². The summed E-state index contributed by atoms with van der Waals surface area (Å²) in [6, 6.07) is 14.9. The topological polar surface area (TPSA) is 87.3 Å². The Balaban J connectivity index is 1.50. The minimum Gasteiger partial charge on any atom is -0.488 e. The van der Waals surface area contributed by atoms with Gasteiger partial charge in [-0.2, -0.15) is 0 Å². The quantitative estimate of drug-likeness (QED) is 0.742. The van der Waals surface area contributed by atoms with Crippen LogP contribution in [0.5, 0.6) is 5.75 Å². The van der Waals surface area contributed by atoms with E-state index in [9.17, 15) is 4.79 Å². The number of esters is 1. The van der Waals surface area contributed by atoms with E-state index < -0.39 is 5.97 Å². The minimum absolute atomic E-state index is 0.0488. The maximum atomic E-state index is 12.3. The van der Waals surface area contributed by atoms with Crippen LogP contribution in [0.25, 0.3) is 17.0 Å². The van der Waals surface area contributed by atoms with E-state index in [1.165, 1.54) is 0 Å². The molecule has 0 radical (unpaired) electrons. The number of nitrogen functional groups attached to an aromatic ring is 1. The van der Waals surface area contributed by atoms with E-state index in [2.05, 4.69) is 9.97 Å². The smallest absolute Gasteiger partial charge is 0.337 e. The lowest BCUT2D eigenvalue weighted by Crippen LogP contribution is -2.17. The van der Waals surface area contributed by atoms with Crippen LogP contribution in [-0.2, 0) is 16.1 Å². The molecule has 1 aromatic heterocycles. The van der Waals surface area contributed by atoms with E-state index in [-0.39, 0.29) is 13.2 Å². The predicted octanol–water partition coefficient (Wildman–Crippen LogP) is 2.73. The van der Waals surface area contributed by atoms with Crippen LogP contribution >= 0.6 is 0 Å². The van der Waals surface area contributed by atoms with Crippen molar-refractivity contribution in [3.8, 4) is 5.75 Å². The molecule has 6 nitrogen and oxygen atoms in total. The number of rotatable bonds is 3. The molecule has 0 aliphatic carbocycles. The van der Waals surface area contributed by atoms with Gasteiger partial charge in [-0.15, -0.1) is 0 Å². The van der Waals surface area contributed by atoms with Gasteiger partial charge in [0, 0.05) is 10.9 Å². The van der Waals surface area contributed by atoms with Gasteiger partial charge >= 0.3 is 5.97 Å². The van der Waals surface area contributed by atoms with Crippen LogP contribution in [0, 0.1) is 0 Å². The van der Waals surface area contributed by atoms with Crippen LogP contribution < -0.4 is 10.5 Å². The lowest BCUT2D eigenvalue weighted by Gasteiger charge is -2.16. The lowest BCUT2D eigenvalue weighted by atomic mass is 10.1. The Hall–Kier alpha value is -3.41. The number of ether oxygens (including phenoxy) is 2. The van der Waals surface area contributed by atoms with E-state index in [0.717, 1.165) is 22.2 Å². The van der Waals surface area contributed by atoms with Crippen molar-refractivity contribution < 1.29 is 14.3 Å². The van der Waals surface area contributed by atoms with E-state index in [1.54, 1.807) is 6.08 Å². The molecule has 0 atom stereocenters. The second-order valence-electron chi connectivity index (χ2n) is 5.61. The summed E-state index contributed by atoms with van der Waals surface area (Å²) in [4.78, 5) is 20.8. The standard InChI is InChI=1S/C19H15N3O3/c20-18-14-6-2-3-7-15(14)21-17(22-18)11-25-19(23)13-9-12-5-1-4-8-16(12)24-10-13/h1-9H,10-11H2,(H2,20,21,22). The molecule has 0 saturated heterocycles. The molecule has 1 aliphatic rings. The molecule has 0 fully saturated rings. The van der Waals surface area contributed by atoms with Crippen molar-refractivity contribution in [3.05, 3.63) is 65.5 Å². The molecule has 2 aromatic carbocycles. The predicted molar refractivity (Wildman–Crippen MR) is 93.7 cm³/mol. The maximum Gasteiger partial charge on any atom is 0.337 e. The molecule has 0 amide bonds. The number of carbonyl (C=O) groups is 1. The Bertz CT molecular complexity index is 998. The van der Waals surface area contributed by atoms with Crippen LogP contribution in [0.1, 0.15) is 11.4 Å². The van der Waals surface area contributed by atoms with Gasteiger partial charge < -0.3 is 15.2 Å². The molecule has 0 unspecified atom stereocenters. The molecule has 4 rings (SSSR count). The zero-order chi connectivity index (χ0) is 17.2. The summed E-state index contributed by atoms with van der Waals surface area (Å²) in [5, 5.41) is 0.776. The van der Waals surface area contributed by atoms with Crippen LogP contribution in [0.15, 0.2) is 54.1 Å². The second kappa shape index (κ2) is 6.24. The van der Waals surface area contributed by atoms with Crippen molar-refractivity contribution in [3.63, 3.8) is 0 Å². The molecular formula is C19H15N3O3. The fourth-order valence-electron chi connectivity index (χ4n) is 2.67. The van der Waals surface area contributed by atoms with Gasteiger partial charge in [-0.25, -0.2) is 14.8 Å². The number of hydrogen-bond acceptors (Lipinski definition) is 6. The first kappa shape index (κ1) is 15.1. The molecule has 6 heteroatoms. The number of fused-ring (bicyclic) bond motifs is 2. The zero-order valence-electron chi connectivity index (χ0n) is 13.3. The summed E-state index contributed by atoms with van der Waals surface area (Å²) >= 11 is 0. The van der Waals surface area contributed by atoms with Crippen molar-refractivity contribution >= 4 is 28.8 Å². The molecule has 2 N–H and O–H groups in total. The maximum absolute atomic E-state index is 12.3. The highest BCUT2D eigenvalue weighted by Gasteiger charge is 2.18. The number of nitrogens with zero attached hydrogens (tertiary/aromatic N) is 2. The first-order valence-corrected chi connectivity index (χ1v) is 7.81. The highest BCUT2D eigenvalue weighted by atomic mass is 16.5. The first-order valence-electron chi connectivity index (χ1n) is 7.81. The van der Waals surface area contributed by atoms with Crippen LogP contribution in [0.4, 0.5) is 5.82 Å². The first-order chi connectivity index (χ1) is 12.2. The number of para-hydroxylation sites is 2. The van der Waals surface area contributed by atoms with E-state index >= 15 is 0 Å². The van der Waals surface area contributed by atoms with Gasteiger partial charge in [0.2, 0.25) is 0 Å². The van der Waals surface area contributed by atoms with Gasteiger partial charge in [-0.05, 0) is 24.3 Å². The molecular weight excluding hydrogens is 318 g/mol. The number of aromatic nitrogens is 2. The SMILES string of the molecule is Nc1nc(COC(=O)C2=Cc3ccccc3OC2)nc2ccccc12. The molecule has 124 valence electrons. The van der Waals surface area contributed by atoms with Crippen molar-refractivity contribution in [2.45, 2.75) is 6.61 Å². The second-order valence-corrected chi connectivity index (χ2v) is 5.61. The third-order valence-corrected chi connectivity index (χ3v) is 3.91. The number of benzene rings is 2. The molecule has 2 heterocycles. The molecule has 25 heavy (non-hydrogen) atoms. The van der Waals surface area contributed by atoms with Crippen LogP contribution in [-0.4, -0.2) is 22.5 Å². The zero-order valence-corrected chi connectivity index (χ0v) is 13.3. The lowest BCUT2D eigenvalue weighted by molar-refractivity contribution is -0.140. The molecule has 3 aromatic rings. The monoisotopic (exact) mass is 333 g/mol. The fourth-order valence-corrected chi connectivity index (χ4v) is 2.67. The summed E-state index contributed by atoms with van der Waals surface area (Å²) in [7, 11) is 0. The Kier molecular flexibility index (Phi) is 3.78. The average molecular weight is 333 g/mol. The summed E-state index contributed by atoms with van der Waals surface area (Å²) in [6.45, 7) is 0.128. The summed E-state index contributed by atoms with van der Waals surface area (Å²) in [5.74, 6) is 1.03. The Morgan fingerprint density at radius 1 is 1.12 bits per heavy atom. The third-order valence-electron chi connectivity index (χ3n) is 3.91. The van der Waals surface area contributed by atoms with Crippen molar-refractivity contribution in [1.82, 2.24) is 9.97 Å². The molecule has 0 bridgehead atoms. The summed E-state index contributed by atoms with van der Waals surface area (Å²) in [6.07, 6.45) is 1.77. The fraction of sp³-hybridized carbons (Fsp3) is 0.105. The van der Waals surface area contributed by atoms with E-state index in [4.69, 9.17) is 15.2 Å². The number of anilines is 1. The number of carbonyl (C=O) groups excluding carboxylic acids is 1. The van der Waals surface area contributed by atoms with Gasteiger partial charge in [0.05, 0.1) is 11.1 Å². The normalized spacial score (nSPS) is 12.9. The summed E-state index contributed by atoms with van der Waals surface area (Å²) < 4.78 is 10.9. The van der Waals surface area contributed by atoms with E-state index in [1.807, 2.05) is 48.5 Å². The molecule has 0 saturated carbocycles. The van der Waals surface area contributed by atoms with Crippen molar-refractivity contribution in [1.29, 1.82) is 0 Å². The molecule has 1 aliphatic heterocycles. The summed E-state index contributed by atoms with van der Waals surface area (Å²) in [5.41, 5.74) is 7.96. The Labute approximate surface area is 143 Å². The number of nitrogens with two attached hydrogens (primary N) is 1. The Morgan fingerprint density at radius 3 is 2.84 bits per heavy atom. The van der Waals surface area contributed by atoms with Crippen LogP contribution in [0.2, 0.25) is 0 Å². The van der Waals surface area contributed by atoms with Gasteiger partial charge in [0.1, 0.15) is 18.2 Å². The highest BCUT2D eigenvalue weighted by Crippen LogP contribution is 2.26. The highest BCUT2D eigenvalue weighted by molar-refractivity contribution is 5.95. The largest absolute Gasteiger partial charge is 0.488 e. The van der Waals surface area contributed by atoms with Gasteiger partial charge in [0.15, 0.2) is 12.4 Å². The van der Waals surface area contributed by atoms with Crippen molar-refractivity contribution in [2.24, 2.45) is 0 Å². The van der Waals surface area contributed by atoms with E-state index in [0.29, 0.717) is 17.2 Å². The van der Waals surface area contributed by atoms with Crippen LogP contribution in [0.3, 0.4) is 0 Å². The van der Waals surface area contributed by atoms with Gasteiger partial charge in [-0.3, -0.25) is 0 Å². The Morgan fingerprint density at radius 2 is 1.92 bits per heavy atom.